The van der Waals surface area contributed by atoms with Crippen molar-refractivity contribution in [2.45, 2.75) is 25.3 Å². The molecular weight excluding hydrogens is 479 g/mol. The summed E-state index contributed by atoms with van der Waals surface area (Å²) in [6.45, 7) is 0.575. The van der Waals surface area contributed by atoms with Gasteiger partial charge < -0.3 is 29.8 Å². The molecule has 1 amide bonds. The van der Waals surface area contributed by atoms with Crippen molar-refractivity contribution in [3.05, 3.63) is 60.8 Å². The van der Waals surface area contributed by atoms with Gasteiger partial charge in [-0.1, -0.05) is 0 Å². The fourth-order valence-corrected chi connectivity index (χ4v) is 3.66. The molecule has 1 atom stereocenters. The zero-order valence-corrected chi connectivity index (χ0v) is 18.6. The van der Waals surface area contributed by atoms with Gasteiger partial charge in [0.05, 0.1) is 11.0 Å². The Morgan fingerprint density at radius 2 is 1.83 bits per heavy atom. The molecule has 186 valence electrons. The summed E-state index contributed by atoms with van der Waals surface area (Å²) in [4.78, 5) is 23.9. The van der Waals surface area contributed by atoms with Crippen LogP contribution in [0.15, 0.2) is 60.8 Å². The molecule has 9 nitrogen and oxygen atoms in total. The molecule has 4 aromatic rings. The Morgan fingerprint density at radius 3 is 2.58 bits per heavy atom. The molecule has 0 saturated carbocycles. The molecular formula is C24H20F3N5O4. The van der Waals surface area contributed by atoms with E-state index in [1.807, 2.05) is 0 Å². The molecule has 2 aromatic carbocycles. The van der Waals surface area contributed by atoms with Crippen molar-refractivity contribution in [1.29, 1.82) is 0 Å². The quantitative estimate of drug-likeness (QED) is 0.308. The number of hydrogen-bond acceptors (Lipinski definition) is 7. The number of aromatic amines is 1. The maximum absolute atomic E-state index is 12.3. The highest BCUT2D eigenvalue weighted by atomic mass is 19.4. The van der Waals surface area contributed by atoms with Crippen molar-refractivity contribution in [2.75, 3.05) is 17.2 Å². The maximum Gasteiger partial charge on any atom is 0.573 e. The zero-order chi connectivity index (χ0) is 25.1. The van der Waals surface area contributed by atoms with Crippen LogP contribution in [-0.4, -0.2) is 39.9 Å². The molecule has 0 radical (unpaired) electrons. The second kappa shape index (κ2) is 9.74. The number of anilines is 3. The van der Waals surface area contributed by atoms with Gasteiger partial charge in [0.25, 0.3) is 5.91 Å². The van der Waals surface area contributed by atoms with Crippen molar-refractivity contribution in [1.82, 2.24) is 15.0 Å². The lowest BCUT2D eigenvalue weighted by Gasteiger charge is -2.11. The Balaban J connectivity index is 1.24. The van der Waals surface area contributed by atoms with Gasteiger partial charge in [-0.3, -0.25) is 4.79 Å². The van der Waals surface area contributed by atoms with Crippen LogP contribution in [0.25, 0.3) is 11.0 Å². The number of benzene rings is 2. The molecule has 5 rings (SSSR count). The molecule has 12 heteroatoms. The van der Waals surface area contributed by atoms with Gasteiger partial charge in [-0.2, -0.15) is 0 Å². The summed E-state index contributed by atoms with van der Waals surface area (Å²) in [6.07, 6.45) is -2.15. The molecule has 3 heterocycles. The van der Waals surface area contributed by atoms with Crippen molar-refractivity contribution >= 4 is 34.4 Å². The van der Waals surface area contributed by atoms with Gasteiger partial charge in [-0.15, -0.1) is 13.2 Å². The van der Waals surface area contributed by atoms with E-state index in [2.05, 4.69) is 30.3 Å². The number of hydrogen-bond donors (Lipinski definition) is 3. The lowest BCUT2D eigenvalue weighted by atomic mass is 10.2. The van der Waals surface area contributed by atoms with E-state index in [0.717, 1.165) is 6.42 Å². The van der Waals surface area contributed by atoms with Crippen molar-refractivity contribution in [3.63, 3.8) is 0 Å². The highest BCUT2D eigenvalue weighted by molar-refractivity contribution is 5.93. The summed E-state index contributed by atoms with van der Waals surface area (Å²) >= 11 is 0. The van der Waals surface area contributed by atoms with E-state index < -0.39 is 12.5 Å². The molecule has 1 aliphatic rings. The lowest BCUT2D eigenvalue weighted by Crippen LogP contribution is -2.27. The molecule has 3 N–H and O–H groups in total. The zero-order valence-electron chi connectivity index (χ0n) is 18.6. The molecule has 1 saturated heterocycles. The standard InChI is InChI=1S/C24H20F3N5O4/c25-24(26,27)36-15-5-3-14(4-6-15)29-23-30-18-8-7-16(12-19(18)31-23)35-17-9-10-28-21(13-17)32-22(33)20-2-1-11-34-20/h3-10,12-13,20H,1-2,11H2,(H,28,32,33)(H2,29,30,31). The van der Waals surface area contributed by atoms with Gasteiger partial charge in [0.15, 0.2) is 0 Å². The van der Waals surface area contributed by atoms with Crippen molar-refractivity contribution < 1.29 is 32.2 Å². The number of alkyl halides is 3. The van der Waals surface area contributed by atoms with Crippen LogP contribution in [0.3, 0.4) is 0 Å². The number of imidazole rings is 1. The summed E-state index contributed by atoms with van der Waals surface area (Å²) in [5, 5.41) is 5.74. The second-order valence-corrected chi connectivity index (χ2v) is 7.93. The number of carbonyl (C=O) groups is 1. The molecule has 2 aromatic heterocycles. The van der Waals surface area contributed by atoms with E-state index in [1.165, 1.54) is 30.5 Å². The van der Waals surface area contributed by atoms with Gasteiger partial charge in [0.2, 0.25) is 5.95 Å². The number of pyridine rings is 1. The maximum atomic E-state index is 12.3. The number of carbonyl (C=O) groups excluding carboxylic acids is 1. The Morgan fingerprint density at radius 1 is 1.06 bits per heavy atom. The normalized spacial score (nSPS) is 15.6. The number of fused-ring (bicyclic) bond motifs is 1. The van der Waals surface area contributed by atoms with E-state index >= 15 is 0 Å². The molecule has 1 aliphatic heterocycles. The average Bonchev–Trinajstić information content (AvgIpc) is 3.49. The minimum absolute atomic E-state index is 0.237. The second-order valence-electron chi connectivity index (χ2n) is 7.93. The van der Waals surface area contributed by atoms with E-state index in [-0.39, 0.29) is 11.7 Å². The minimum atomic E-state index is -4.75. The Labute approximate surface area is 202 Å². The van der Waals surface area contributed by atoms with Crippen LogP contribution in [0.4, 0.5) is 30.6 Å². The summed E-state index contributed by atoms with van der Waals surface area (Å²) in [5.41, 5.74) is 1.85. The fraction of sp³-hybridized carbons (Fsp3) is 0.208. The number of nitrogens with one attached hydrogen (secondary N) is 3. The number of aromatic nitrogens is 3. The van der Waals surface area contributed by atoms with Gasteiger partial charge in [-0.05, 0) is 55.3 Å². The molecule has 1 unspecified atom stereocenters. The monoisotopic (exact) mass is 499 g/mol. The van der Waals surface area contributed by atoms with Crippen LogP contribution in [0.5, 0.6) is 17.2 Å². The third-order valence-corrected chi connectivity index (χ3v) is 5.24. The minimum Gasteiger partial charge on any atom is -0.457 e. The fourth-order valence-electron chi connectivity index (χ4n) is 3.66. The van der Waals surface area contributed by atoms with E-state index in [9.17, 15) is 18.0 Å². The highest BCUT2D eigenvalue weighted by Gasteiger charge is 2.31. The predicted octanol–water partition coefficient (Wildman–Crippen LogP) is 5.51. The van der Waals surface area contributed by atoms with Gasteiger partial charge in [0.1, 0.15) is 29.2 Å². The molecule has 0 bridgehead atoms. The lowest BCUT2D eigenvalue weighted by molar-refractivity contribution is -0.274. The Bertz CT molecular complexity index is 1370. The largest absolute Gasteiger partial charge is 0.573 e. The van der Waals surface area contributed by atoms with E-state index in [1.54, 1.807) is 30.3 Å². The number of H-pyrrole nitrogens is 1. The first-order valence-electron chi connectivity index (χ1n) is 11.0. The summed E-state index contributed by atoms with van der Waals surface area (Å²) < 4.78 is 52.1. The average molecular weight is 499 g/mol. The number of nitrogens with zero attached hydrogens (tertiary/aromatic N) is 2. The summed E-state index contributed by atoms with van der Waals surface area (Å²) in [7, 11) is 0. The van der Waals surface area contributed by atoms with Gasteiger partial charge >= 0.3 is 6.36 Å². The van der Waals surface area contributed by atoms with Gasteiger partial charge in [-0.25, -0.2) is 9.97 Å². The number of amides is 1. The first-order valence-corrected chi connectivity index (χ1v) is 11.0. The van der Waals surface area contributed by atoms with Crippen LogP contribution in [0.2, 0.25) is 0 Å². The summed E-state index contributed by atoms with van der Waals surface area (Å²) in [6, 6.07) is 13.8. The molecule has 0 aliphatic carbocycles. The molecule has 36 heavy (non-hydrogen) atoms. The van der Waals surface area contributed by atoms with Crippen molar-refractivity contribution in [3.8, 4) is 17.2 Å². The third-order valence-electron chi connectivity index (χ3n) is 5.24. The van der Waals surface area contributed by atoms with Crippen LogP contribution < -0.4 is 20.1 Å². The molecule has 0 spiro atoms. The first kappa shape index (κ1) is 23.4. The SMILES string of the molecule is O=C(Nc1cc(Oc2ccc3nc(Nc4ccc(OC(F)(F)F)cc4)[nH]c3c2)ccn1)C1CCCO1. The van der Waals surface area contributed by atoms with Crippen LogP contribution in [0.1, 0.15) is 12.8 Å². The van der Waals surface area contributed by atoms with E-state index in [4.69, 9.17) is 9.47 Å². The van der Waals surface area contributed by atoms with Crippen molar-refractivity contribution in [2.24, 2.45) is 0 Å². The third kappa shape index (κ3) is 5.84. The van der Waals surface area contributed by atoms with Crippen LogP contribution in [-0.2, 0) is 9.53 Å². The van der Waals surface area contributed by atoms with Crippen LogP contribution >= 0.6 is 0 Å². The Hall–Kier alpha value is -4.32. The highest BCUT2D eigenvalue weighted by Crippen LogP contribution is 2.28. The number of ether oxygens (including phenoxy) is 3. The number of halogens is 3. The summed E-state index contributed by atoms with van der Waals surface area (Å²) in [5.74, 6) is 1.20. The smallest absolute Gasteiger partial charge is 0.457 e. The van der Waals surface area contributed by atoms with Crippen LogP contribution in [0, 0.1) is 0 Å². The first-order chi connectivity index (χ1) is 17.3. The van der Waals surface area contributed by atoms with Gasteiger partial charge in [0, 0.05) is 30.6 Å². The predicted molar refractivity (Wildman–Crippen MR) is 124 cm³/mol. The molecule has 1 fully saturated rings. The topological polar surface area (TPSA) is 110 Å². The van der Waals surface area contributed by atoms with E-state index in [0.29, 0.717) is 53.0 Å². The Kier molecular flexibility index (Phi) is 6.34. The number of rotatable bonds is 7.